The lowest BCUT2D eigenvalue weighted by Gasteiger charge is -2.18. The zero-order valence-corrected chi connectivity index (χ0v) is 12.4. The number of benzene rings is 1. The van der Waals surface area contributed by atoms with Crippen molar-refractivity contribution >= 4 is 11.6 Å². The zero-order valence-electron chi connectivity index (χ0n) is 12.4. The van der Waals surface area contributed by atoms with Crippen LogP contribution >= 0.6 is 0 Å². The summed E-state index contributed by atoms with van der Waals surface area (Å²) in [7, 11) is 0. The highest BCUT2D eigenvalue weighted by molar-refractivity contribution is 5.94. The van der Waals surface area contributed by atoms with Crippen LogP contribution in [0, 0.1) is 5.41 Å². The number of rotatable bonds is 4. The maximum absolute atomic E-state index is 11.9. The van der Waals surface area contributed by atoms with Crippen LogP contribution in [0.2, 0.25) is 0 Å². The van der Waals surface area contributed by atoms with Crippen molar-refractivity contribution in [1.82, 2.24) is 0 Å². The van der Waals surface area contributed by atoms with Crippen molar-refractivity contribution in [3.63, 3.8) is 0 Å². The van der Waals surface area contributed by atoms with Gasteiger partial charge in [-0.2, -0.15) is 0 Å². The largest absolute Gasteiger partial charge is 0.491 e. The second kappa shape index (κ2) is 6.27. The fraction of sp³-hybridized carbons (Fsp3) is 0.562. The molecule has 0 spiro atoms. The lowest BCUT2D eigenvalue weighted by molar-refractivity contribution is -0.123. The van der Waals surface area contributed by atoms with Crippen LogP contribution in [0.5, 0.6) is 5.75 Å². The molecule has 4 heteroatoms. The molecule has 0 aliphatic carbocycles. The molecule has 20 heavy (non-hydrogen) atoms. The summed E-state index contributed by atoms with van der Waals surface area (Å²) in [6.45, 7) is 7.10. The minimum absolute atomic E-state index is 0.00511. The van der Waals surface area contributed by atoms with Crippen LogP contribution in [0.1, 0.15) is 33.6 Å². The molecule has 1 saturated heterocycles. The van der Waals surface area contributed by atoms with Crippen LogP contribution in [0.3, 0.4) is 0 Å². The maximum atomic E-state index is 11.9. The summed E-state index contributed by atoms with van der Waals surface area (Å²) < 4.78 is 11.2. The van der Waals surface area contributed by atoms with Gasteiger partial charge in [0.15, 0.2) is 0 Å². The molecule has 1 aromatic carbocycles. The molecule has 1 N–H and O–H groups in total. The molecular formula is C16H23NO3. The maximum Gasteiger partial charge on any atom is 0.229 e. The van der Waals surface area contributed by atoms with E-state index >= 15 is 0 Å². The monoisotopic (exact) mass is 277 g/mol. The van der Waals surface area contributed by atoms with Crippen LogP contribution in [-0.4, -0.2) is 25.2 Å². The second-order valence-corrected chi connectivity index (χ2v) is 6.17. The summed E-state index contributed by atoms with van der Waals surface area (Å²) in [6.07, 6.45) is 2.40. The van der Waals surface area contributed by atoms with E-state index in [1.54, 1.807) is 0 Å². The van der Waals surface area contributed by atoms with E-state index in [-0.39, 0.29) is 12.0 Å². The smallest absolute Gasteiger partial charge is 0.229 e. The van der Waals surface area contributed by atoms with E-state index < -0.39 is 5.41 Å². The predicted octanol–water partition coefficient (Wildman–Crippen LogP) is 3.23. The third kappa shape index (κ3) is 4.23. The van der Waals surface area contributed by atoms with Gasteiger partial charge in [-0.05, 0) is 37.1 Å². The Bertz CT molecular complexity index is 442. The Labute approximate surface area is 120 Å². The van der Waals surface area contributed by atoms with Crippen LogP contribution in [0.4, 0.5) is 5.69 Å². The first kappa shape index (κ1) is 14.9. The third-order valence-electron chi connectivity index (χ3n) is 3.25. The number of hydrogen-bond acceptors (Lipinski definition) is 3. The van der Waals surface area contributed by atoms with E-state index in [9.17, 15) is 4.79 Å². The van der Waals surface area contributed by atoms with Gasteiger partial charge in [0.2, 0.25) is 5.91 Å². The summed E-state index contributed by atoms with van der Waals surface area (Å²) in [4.78, 5) is 11.9. The molecule has 1 atom stereocenters. The molecule has 2 rings (SSSR count). The molecule has 0 bridgehead atoms. The summed E-state index contributed by atoms with van der Waals surface area (Å²) in [6, 6.07) is 7.45. The second-order valence-electron chi connectivity index (χ2n) is 6.17. The molecule has 1 heterocycles. The zero-order chi connectivity index (χ0) is 14.6. The summed E-state index contributed by atoms with van der Waals surface area (Å²) in [5.74, 6) is 0.805. The Morgan fingerprint density at radius 3 is 2.60 bits per heavy atom. The average Bonchev–Trinajstić information content (AvgIpc) is 2.90. The van der Waals surface area contributed by atoms with E-state index in [1.807, 2.05) is 45.0 Å². The Morgan fingerprint density at radius 1 is 1.35 bits per heavy atom. The first-order chi connectivity index (χ1) is 9.45. The highest BCUT2D eigenvalue weighted by Crippen LogP contribution is 2.21. The normalized spacial score (nSPS) is 18.9. The van der Waals surface area contributed by atoms with Gasteiger partial charge < -0.3 is 14.8 Å². The van der Waals surface area contributed by atoms with Gasteiger partial charge in [0.1, 0.15) is 12.4 Å². The minimum atomic E-state index is -0.394. The molecule has 1 aliphatic heterocycles. The fourth-order valence-electron chi connectivity index (χ4n) is 1.92. The third-order valence-corrected chi connectivity index (χ3v) is 3.25. The highest BCUT2D eigenvalue weighted by atomic mass is 16.5. The first-order valence-corrected chi connectivity index (χ1v) is 7.11. The van der Waals surface area contributed by atoms with Crippen LogP contribution in [-0.2, 0) is 9.53 Å². The molecule has 4 nitrogen and oxygen atoms in total. The van der Waals surface area contributed by atoms with Crippen LogP contribution in [0.25, 0.3) is 0 Å². The molecule has 0 saturated carbocycles. The average molecular weight is 277 g/mol. The minimum Gasteiger partial charge on any atom is -0.491 e. The molecule has 0 unspecified atom stereocenters. The van der Waals surface area contributed by atoms with E-state index in [1.165, 1.54) is 0 Å². The summed E-state index contributed by atoms with van der Waals surface area (Å²) >= 11 is 0. The van der Waals surface area contributed by atoms with E-state index in [0.717, 1.165) is 30.9 Å². The van der Waals surface area contributed by atoms with Gasteiger partial charge in [0, 0.05) is 17.7 Å². The van der Waals surface area contributed by atoms with Crippen molar-refractivity contribution in [2.75, 3.05) is 18.5 Å². The van der Waals surface area contributed by atoms with Crippen molar-refractivity contribution in [3.05, 3.63) is 24.3 Å². The number of anilines is 1. The van der Waals surface area contributed by atoms with Gasteiger partial charge in [-0.1, -0.05) is 20.8 Å². The van der Waals surface area contributed by atoms with E-state index in [4.69, 9.17) is 9.47 Å². The molecule has 0 radical (unpaired) electrons. The van der Waals surface area contributed by atoms with Gasteiger partial charge in [0.25, 0.3) is 0 Å². The SMILES string of the molecule is CC(C)(C)C(=O)Nc1ccc(OC[C@H]2CCCO2)cc1. The van der Waals surface area contributed by atoms with Gasteiger partial charge in [-0.3, -0.25) is 4.79 Å². The lowest BCUT2D eigenvalue weighted by atomic mass is 9.95. The highest BCUT2D eigenvalue weighted by Gasteiger charge is 2.21. The van der Waals surface area contributed by atoms with E-state index in [0.29, 0.717) is 6.61 Å². The number of hydrogen-bond donors (Lipinski definition) is 1. The van der Waals surface area contributed by atoms with Gasteiger partial charge in [-0.15, -0.1) is 0 Å². The molecule has 1 fully saturated rings. The fourth-order valence-corrected chi connectivity index (χ4v) is 1.92. The van der Waals surface area contributed by atoms with Crippen LogP contribution in [0.15, 0.2) is 24.3 Å². The topological polar surface area (TPSA) is 47.6 Å². The Morgan fingerprint density at radius 2 is 2.05 bits per heavy atom. The summed E-state index contributed by atoms with van der Waals surface area (Å²) in [5, 5.41) is 2.89. The molecule has 1 aliphatic rings. The van der Waals surface area contributed by atoms with Crippen molar-refractivity contribution in [2.45, 2.75) is 39.7 Å². The van der Waals surface area contributed by atoms with Gasteiger partial charge in [-0.25, -0.2) is 0 Å². The Kier molecular flexibility index (Phi) is 4.65. The van der Waals surface area contributed by atoms with Crippen molar-refractivity contribution in [3.8, 4) is 5.75 Å². The summed E-state index contributed by atoms with van der Waals surface area (Å²) in [5.41, 5.74) is 0.393. The van der Waals surface area contributed by atoms with Gasteiger partial charge >= 0.3 is 0 Å². The molecular weight excluding hydrogens is 254 g/mol. The first-order valence-electron chi connectivity index (χ1n) is 7.11. The molecule has 0 aromatic heterocycles. The number of nitrogens with one attached hydrogen (secondary N) is 1. The van der Waals surface area contributed by atoms with Gasteiger partial charge in [0.05, 0.1) is 6.10 Å². The number of ether oxygens (including phenoxy) is 2. The van der Waals surface area contributed by atoms with Crippen molar-refractivity contribution in [1.29, 1.82) is 0 Å². The predicted molar refractivity (Wildman–Crippen MR) is 79.0 cm³/mol. The van der Waals surface area contributed by atoms with Crippen LogP contribution < -0.4 is 10.1 Å². The Hall–Kier alpha value is -1.55. The quantitative estimate of drug-likeness (QED) is 0.919. The van der Waals surface area contributed by atoms with Crippen molar-refractivity contribution in [2.24, 2.45) is 5.41 Å². The molecule has 1 amide bonds. The molecule has 1 aromatic rings. The number of carbonyl (C=O) groups is 1. The lowest BCUT2D eigenvalue weighted by Crippen LogP contribution is -2.27. The Balaban J connectivity index is 1.84. The van der Waals surface area contributed by atoms with E-state index in [2.05, 4.69) is 5.32 Å². The molecule has 110 valence electrons. The number of carbonyl (C=O) groups excluding carboxylic acids is 1. The number of amides is 1. The standard InChI is InChI=1S/C16H23NO3/c1-16(2,3)15(18)17-12-6-8-13(9-7-12)20-11-14-5-4-10-19-14/h6-9,14H,4-5,10-11H2,1-3H3,(H,17,18)/t14-/m1/s1. The van der Waals surface area contributed by atoms with Crippen molar-refractivity contribution < 1.29 is 14.3 Å².